The Balaban J connectivity index is 2.04. The summed E-state index contributed by atoms with van der Waals surface area (Å²) in [6.45, 7) is 0. The Morgan fingerprint density at radius 1 is 1.17 bits per heavy atom. The highest BCUT2D eigenvalue weighted by Gasteiger charge is 2.12. The third-order valence-corrected chi connectivity index (χ3v) is 3.44. The summed E-state index contributed by atoms with van der Waals surface area (Å²) in [5.74, 6) is 0. The van der Waals surface area contributed by atoms with Gasteiger partial charge in [-0.25, -0.2) is 0 Å². The molecular weight excluding hydrogens is 244 g/mol. The van der Waals surface area contributed by atoms with Gasteiger partial charge in [0.25, 0.3) is 0 Å². The maximum atomic E-state index is 6.23. The summed E-state index contributed by atoms with van der Waals surface area (Å²) in [4.78, 5) is 4.03. The number of nitrogens with zero attached hydrogens (tertiary/aromatic N) is 1. The Morgan fingerprint density at radius 2 is 1.89 bits per heavy atom. The van der Waals surface area contributed by atoms with E-state index < -0.39 is 0 Å². The van der Waals surface area contributed by atoms with Crippen LogP contribution in [0.15, 0.2) is 48.8 Å². The Kier molecular flexibility index (Phi) is 4.73. The number of hydrogen-bond donors (Lipinski definition) is 1. The van der Waals surface area contributed by atoms with Gasteiger partial charge in [0.2, 0.25) is 0 Å². The van der Waals surface area contributed by atoms with Crippen molar-refractivity contribution in [1.82, 2.24) is 10.3 Å². The van der Waals surface area contributed by atoms with Crippen LogP contribution < -0.4 is 5.32 Å². The minimum absolute atomic E-state index is 0.284. The number of nitrogens with one attached hydrogen (secondary N) is 1. The second kappa shape index (κ2) is 6.53. The molecule has 1 heterocycles. The van der Waals surface area contributed by atoms with Gasteiger partial charge in [0, 0.05) is 23.5 Å². The van der Waals surface area contributed by atoms with Crippen LogP contribution in [0.3, 0.4) is 0 Å². The van der Waals surface area contributed by atoms with Crippen molar-refractivity contribution >= 4 is 11.6 Å². The molecule has 1 aromatic carbocycles. The lowest BCUT2D eigenvalue weighted by molar-refractivity contribution is 0.549. The summed E-state index contributed by atoms with van der Waals surface area (Å²) < 4.78 is 0. The molecule has 0 radical (unpaired) electrons. The van der Waals surface area contributed by atoms with E-state index in [1.165, 1.54) is 5.56 Å². The summed E-state index contributed by atoms with van der Waals surface area (Å²) in [6, 6.07) is 12.4. The fourth-order valence-electron chi connectivity index (χ4n) is 2.07. The summed E-state index contributed by atoms with van der Waals surface area (Å²) in [7, 11) is 1.97. The molecule has 1 N–H and O–H groups in total. The van der Waals surface area contributed by atoms with Crippen molar-refractivity contribution in [3.05, 3.63) is 64.9 Å². The second-order valence-electron chi connectivity index (χ2n) is 4.26. The van der Waals surface area contributed by atoms with E-state index in [1.807, 2.05) is 37.6 Å². The quantitative estimate of drug-likeness (QED) is 0.888. The molecule has 0 aliphatic carbocycles. The van der Waals surface area contributed by atoms with E-state index in [0.717, 1.165) is 23.4 Å². The zero-order chi connectivity index (χ0) is 12.8. The molecule has 0 saturated heterocycles. The molecule has 2 aromatic rings. The normalized spacial score (nSPS) is 12.3. The molecule has 18 heavy (non-hydrogen) atoms. The topological polar surface area (TPSA) is 24.9 Å². The van der Waals surface area contributed by atoms with Gasteiger partial charge in [-0.1, -0.05) is 29.8 Å². The first-order chi connectivity index (χ1) is 8.81. The Labute approximate surface area is 113 Å². The van der Waals surface area contributed by atoms with Crippen LogP contribution in [0.1, 0.15) is 23.6 Å². The maximum absolute atomic E-state index is 6.23. The predicted molar refractivity (Wildman–Crippen MR) is 75.8 cm³/mol. The van der Waals surface area contributed by atoms with Crippen LogP contribution in [0.25, 0.3) is 0 Å². The summed E-state index contributed by atoms with van der Waals surface area (Å²) in [5, 5.41) is 4.15. The third-order valence-electron chi connectivity index (χ3n) is 3.10. The molecule has 3 heteroatoms. The molecular formula is C15H17ClN2. The van der Waals surface area contributed by atoms with Crippen LogP contribution in [-0.4, -0.2) is 12.0 Å². The lowest BCUT2D eigenvalue weighted by Crippen LogP contribution is -2.17. The van der Waals surface area contributed by atoms with E-state index in [4.69, 9.17) is 11.6 Å². The number of hydrogen-bond acceptors (Lipinski definition) is 2. The van der Waals surface area contributed by atoms with E-state index in [1.54, 1.807) is 0 Å². The molecule has 94 valence electrons. The number of benzene rings is 1. The number of halogens is 1. The Morgan fingerprint density at radius 3 is 2.56 bits per heavy atom. The van der Waals surface area contributed by atoms with Gasteiger partial charge in [-0.05, 0) is 49.2 Å². The van der Waals surface area contributed by atoms with Gasteiger partial charge in [0.05, 0.1) is 0 Å². The van der Waals surface area contributed by atoms with Crippen LogP contribution in [0.5, 0.6) is 0 Å². The molecule has 0 aliphatic heterocycles. The molecule has 0 amide bonds. The first kappa shape index (κ1) is 13.1. The minimum Gasteiger partial charge on any atom is -0.313 e. The monoisotopic (exact) mass is 260 g/mol. The van der Waals surface area contributed by atoms with Gasteiger partial charge in [-0.3, -0.25) is 4.98 Å². The first-order valence-electron chi connectivity index (χ1n) is 6.12. The molecule has 0 saturated carbocycles. The molecule has 1 aromatic heterocycles. The van der Waals surface area contributed by atoms with Gasteiger partial charge in [0.1, 0.15) is 0 Å². The van der Waals surface area contributed by atoms with Crippen LogP contribution in [-0.2, 0) is 6.42 Å². The van der Waals surface area contributed by atoms with E-state index in [-0.39, 0.29) is 6.04 Å². The van der Waals surface area contributed by atoms with Crippen molar-refractivity contribution in [2.45, 2.75) is 18.9 Å². The van der Waals surface area contributed by atoms with Gasteiger partial charge >= 0.3 is 0 Å². The summed E-state index contributed by atoms with van der Waals surface area (Å²) >= 11 is 6.23. The van der Waals surface area contributed by atoms with E-state index in [9.17, 15) is 0 Å². The van der Waals surface area contributed by atoms with Crippen LogP contribution in [0, 0.1) is 0 Å². The smallest absolute Gasteiger partial charge is 0.0453 e. The molecule has 0 aliphatic rings. The van der Waals surface area contributed by atoms with Crippen molar-refractivity contribution in [2.75, 3.05) is 7.05 Å². The van der Waals surface area contributed by atoms with Gasteiger partial charge in [0.15, 0.2) is 0 Å². The average molecular weight is 261 g/mol. The highest BCUT2D eigenvalue weighted by molar-refractivity contribution is 6.31. The zero-order valence-electron chi connectivity index (χ0n) is 10.4. The van der Waals surface area contributed by atoms with E-state index >= 15 is 0 Å². The molecule has 0 spiro atoms. The van der Waals surface area contributed by atoms with Gasteiger partial charge in [-0.15, -0.1) is 0 Å². The lowest BCUT2D eigenvalue weighted by atomic mass is 9.99. The largest absolute Gasteiger partial charge is 0.313 e. The predicted octanol–water partition coefficient (Wildman–Crippen LogP) is 3.63. The first-order valence-corrected chi connectivity index (χ1v) is 6.49. The molecule has 0 fully saturated rings. The molecule has 2 nitrogen and oxygen atoms in total. The molecule has 1 atom stereocenters. The second-order valence-corrected chi connectivity index (χ2v) is 4.66. The summed E-state index contributed by atoms with van der Waals surface area (Å²) in [5.41, 5.74) is 2.47. The van der Waals surface area contributed by atoms with E-state index in [0.29, 0.717) is 0 Å². The maximum Gasteiger partial charge on any atom is 0.0453 e. The SMILES string of the molecule is CNC(CCc1ccncc1)c1ccccc1Cl. The highest BCUT2D eigenvalue weighted by Crippen LogP contribution is 2.25. The van der Waals surface area contributed by atoms with Crippen molar-refractivity contribution in [2.24, 2.45) is 0 Å². The number of rotatable bonds is 5. The number of pyridine rings is 1. The highest BCUT2D eigenvalue weighted by atomic mass is 35.5. The fraction of sp³-hybridized carbons (Fsp3) is 0.267. The molecule has 1 unspecified atom stereocenters. The van der Waals surface area contributed by atoms with Crippen molar-refractivity contribution in [1.29, 1.82) is 0 Å². The fourth-order valence-corrected chi connectivity index (χ4v) is 2.34. The third kappa shape index (κ3) is 3.31. The lowest BCUT2D eigenvalue weighted by Gasteiger charge is -2.17. The van der Waals surface area contributed by atoms with Crippen LogP contribution in [0.4, 0.5) is 0 Å². The molecule has 2 rings (SSSR count). The van der Waals surface area contributed by atoms with Gasteiger partial charge < -0.3 is 5.32 Å². The Hall–Kier alpha value is -1.38. The van der Waals surface area contributed by atoms with Crippen molar-refractivity contribution in [3.8, 4) is 0 Å². The van der Waals surface area contributed by atoms with Gasteiger partial charge in [-0.2, -0.15) is 0 Å². The molecule has 0 bridgehead atoms. The number of aromatic nitrogens is 1. The van der Waals surface area contributed by atoms with Crippen LogP contribution >= 0.6 is 11.6 Å². The zero-order valence-corrected chi connectivity index (χ0v) is 11.2. The number of aryl methyl sites for hydroxylation is 1. The van der Waals surface area contributed by atoms with Crippen molar-refractivity contribution in [3.63, 3.8) is 0 Å². The van der Waals surface area contributed by atoms with Crippen LogP contribution in [0.2, 0.25) is 5.02 Å². The average Bonchev–Trinajstić information content (AvgIpc) is 2.42. The standard InChI is InChI=1S/C15H17ClN2/c1-17-15(13-4-2-3-5-14(13)16)7-6-12-8-10-18-11-9-12/h2-5,8-11,15,17H,6-7H2,1H3. The minimum atomic E-state index is 0.284. The van der Waals surface area contributed by atoms with E-state index in [2.05, 4.69) is 28.5 Å². The Bertz CT molecular complexity index is 485. The summed E-state index contributed by atoms with van der Waals surface area (Å²) in [6.07, 6.45) is 5.70. The van der Waals surface area contributed by atoms with Crippen molar-refractivity contribution < 1.29 is 0 Å².